The SMILES string of the molecule is CC(C)C12C=CC3(C(=O)O)C1=CC1=CC=CC1=C3C2. The molecule has 0 aromatic rings. The minimum Gasteiger partial charge on any atom is -0.480 e. The zero-order valence-electron chi connectivity index (χ0n) is 11.1. The second kappa shape index (κ2) is 3.01. The van der Waals surface area contributed by atoms with Gasteiger partial charge in [-0.15, -0.1) is 0 Å². The molecule has 96 valence electrons. The number of hydrogen-bond acceptors (Lipinski definition) is 1. The number of carbonyl (C=O) groups is 1. The third kappa shape index (κ3) is 0.960. The first-order valence-corrected chi connectivity index (χ1v) is 6.81. The molecule has 2 nitrogen and oxygen atoms in total. The van der Waals surface area contributed by atoms with E-state index in [2.05, 4.69) is 38.2 Å². The molecule has 1 fully saturated rings. The lowest BCUT2D eigenvalue weighted by molar-refractivity contribution is -0.142. The fraction of sp³-hybridized carbons (Fsp3) is 0.353. The Morgan fingerprint density at radius 1 is 1.37 bits per heavy atom. The van der Waals surface area contributed by atoms with Crippen LogP contribution in [0.5, 0.6) is 0 Å². The smallest absolute Gasteiger partial charge is 0.321 e. The van der Waals surface area contributed by atoms with E-state index < -0.39 is 11.4 Å². The van der Waals surface area contributed by atoms with Gasteiger partial charge >= 0.3 is 5.97 Å². The van der Waals surface area contributed by atoms with Crippen LogP contribution in [0.4, 0.5) is 0 Å². The summed E-state index contributed by atoms with van der Waals surface area (Å²) in [5.41, 5.74) is 3.56. The summed E-state index contributed by atoms with van der Waals surface area (Å²) in [6.07, 6.45) is 13.2. The molecule has 19 heavy (non-hydrogen) atoms. The normalized spacial score (nSPS) is 37.0. The molecule has 0 saturated heterocycles. The quantitative estimate of drug-likeness (QED) is 0.765. The maximum absolute atomic E-state index is 12.0. The lowest BCUT2D eigenvalue weighted by Crippen LogP contribution is -2.31. The largest absolute Gasteiger partial charge is 0.480 e. The second-order valence-corrected chi connectivity index (χ2v) is 6.25. The molecular weight excluding hydrogens is 236 g/mol. The molecular formula is C17H16O2. The Morgan fingerprint density at radius 2 is 2.16 bits per heavy atom. The molecule has 0 aromatic carbocycles. The lowest BCUT2D eigenvalue weighted by atomic mass is 9.71. The molecule has 2 heteroatoms. The van der Waals surface area contributed by atoms with Gasteiger partial charge in [0.1, 0.15) is 5.41 Å². The zero-order chi connectivity index (χ0) is 13.4. The van der Waals surface area contributed by atoms with Gasteiger partial charge in [-0.1, -0.05) is 50.3 Å². The molecule has 0 radical (unpaired) electrons. The molecule has 1 saturated carbocycles. The fourth-order valence-electron chi connectivity index (χ4n) is 4.24. The zero-order valence-corrected chi connectivity index (χ0v) is 11.1. The minimum atomic E-state index is -0.856. The summed E-state index contributed by atoms with van der Waals surface area (Å²) in [5.74, 6) is -0.311. The first-order valence-electron chi connectivity index (χ1n) is 6.81. The summed E-state index contributed by atoms with van der Waals surface area (Å²) in [4.78, 5) is 12.0. The maximum Gasteiger partial charge on any atom is 0.321 e. The number of aliphatic carboxylic acids is 1. The number of carboxylic acids is 1. The van der Waals surface area contributed by atoms with Gasteiger partial charge in [-0.25, -0.2) is 0 Å². The van der Waals surface area contributed by atoms with E-state index >= 15 is 0 Å². The van der Waals surface area contributed by atoms with Gasteiger partial charge in [0.2, 0.25) is 0 Å². The van der Waals surface area contributed by atoms with E-state index in [0.717, 1.165) is 23.1 Å². The Kier molecular flexibility index (Phi) is 1.75. The average molecular weight is 252 g/mol. The highest BCUT2D eigenvalue weighted by Crippen LogP contribution is 2.69. The van der Waals surface area contributed by atoms with Crippen molar-refractivity contribution in [1.82, 2.24) is 0 Å². The standard InChI is InChI=1S/C17H16O2/c1-10(2)16-6-7-17(15(18)19)13(9-16)12-5-3-4-11(12)8-14(16)17/h3-8,10H,9H2,1-2H3,(H,18,19). The van der Waals surface area contributed by atoms with Crippen molar-refractivity contribution >= 4 is 5.97 Å². The fourth-order valence-corrected chi connectivity index (χ4v) is 4.24. The van der Waals surface area contributed by atoms with Gasteiger partial charge in [0, 0.05) is 5.41 Å². The minimum absolute atomic E-state index is 0.0836. The highest BCUT2D eigenvalue weighted by molar-refractivity contribution is 5.93. The highest BCUT2D eigenvalue weighted by Gasteiger charge is 2.64. The van der Waals surface area contributed by atoms with Gasteiger partial charge < -0.3 is 5.11 Å². The molecule has 4 bridgehead atoms. The molecule has 4 aliphatic carbocycles. The van der Waals surface area contributed by atoms with Crippen molar-refractivity contribution in [3.63, 3.8) is 0 Å². The van der Waals surface area contributed by atoms with Gasteiger partial charge in [0.25, 0.3) is 0 Å². The van der Waals surface area contributed by atoms with Crippen molar-refractivity contribution in [3.05, 3.63) is 58.7 Å². The van der Waals surface area contributed by atoms with E-state index in [4.69, 9.17) is 0 Å². The predicted octanol–water partition coefficient (Wildman–Crippen LogP) is 3.41. The van der Waals surface area contributed by atoms with Crippen LogP contribution in [0.1, 0.15) is 20.3 Å². The third-order valence-electron chi connectivity index (χ3n) is 5.34. The third-order valence-corrected chi connectivity index (χ3v) is 5.34. The Morgan fingerprint density at radius 3 is 2.84 bits per heavy atom. The average Bonchev–Trinajstić information content (AvgIpc) is 3.00. The van der Waals surface area contributed by atoms with Crippen LogP contribution < -0.4 is 0 Å². The summed E-state index contributed by atoms with van der Waals surface area (Å²) < 4.78 is 0. The summed E-state index contributed by atoms with van der Waals surface area (Å²) in [6.45, 7) is 4.38. The summed E-state index contributed by atoms with van der Waals surface area (Å²) in [6, 6.07) is 0. The van der Waals surface area contributed by atoms with Gasteiger partial charge in [-0.3, -0.25) is 4.79 Å². The van der Waals surface area contributed by atoms with E-state index in [1.165, 1.54) is 5.57 Å². The van der Waals surface area contributed by atoms with Crippen LogP contribution in [0.2, 0.25) is 0 Å². The van der Waals surface area contributed by atoms with Crippen molar-refractivity contribution in [3.8, 4) is 0 Å². The lowest BCUT2D eigenvalue weighted by Gasteiger charge is -2.30. The van der Waals surface area contributed by atoms with Crippen LogP contribution >= 0.6 is 0 Å². The van der Waals surface area contributed by atoms with Crippen LogP contribution in [0, 0.1) is 16.7 Å². The number of carboxylic acid groups (broad SMARTS) is 1. The molecule has 0 amide bonds. The highest BCUT2D eigenvalue weighted by atomic mass is 16.4. The molecule has 0 aliphatic heterocycles. The van der Waals surface area contributed by atoms with Crippen molar-refractivity contribution < 1.29 is 9.90 Å². The summed E-state index contributed by atoms with van der Waals surface area (Å²) in [5, 5.41) is 9.84. The number of fused-ring (bicyclic) bond motifs is 1. The van der Waals surface area contributed by atoms with E-state index in [-0.39, 0.29) is 5.41 Å². The van der Waals surface area contributed by atoms with Crippen LogP contribution in [-0.4, -0.2) is 11.1 Å². The molecule has 4 rings (SSSR count). The number of allylic oxidation sites excluding steroid dienone is 7. The molecule has 2 atom stereocenters. The van der Waals surface area contributed by atoms with Gasteiger partial charge in [0.05, 0.1) is 0 Å². The molecule has 1 N–H and O–H groups in total. The molecule has 0 spiro atoms. The van der Waals surface area contributed by atoms with Crippen molar-refractivity contribution in [2.75, 3.05) is 0 Å². The van der Waals surface area contributed by atoms with Crippen LogP contribution in [0.3, 0.4) is 0 Å². The number of rotatable bonds is 2. The van der Waals surface area contributed by atoms with Gasteiger partial charge in [-0.05, 0) is 34.6 Å². The molecule has 2 unspecified atom stereocenters. The van der Waals surface area contributed by atoms with Crippen LogP contribution in [-0.2, 0) is 4.79 Å². The van der Waals surface area contributed by atoms with Gasteiger partial charge in [0.15, 0.2) is 0 Å². The van der Waals surface area contributed by atoms with E-state index in [1.807, 2.05) is 12.2 Å². The van der Waals surface area contributed by atoms with Crippen molar-refractivity contribution in [2.24, 2.45) is 16.7 Å². The molecule has 0 aromatic heterocycles. The Hall–Kier alpha value is -1.83. The van der Waals surface area contributed by atoms with Crippen LogP contribution in [0.25, 0.3) is 0 Å². The second-order valence-electron chi connectivity index (χ2n) is 6.25. The summed E-state index contributed by atoms with van der Waals surface area (Å²) in [7, 11) is 0. The predicted molar refractivity (Wildman–Crippen MR) is 73.4 cm³/mol. The van der Waals surface area contributed by atoms with Gasteiger partial charge in [-0.2, -0.15) is 0 Å². The van der Waals surface area contributed by atoms with Crippen molar-refractivity contribution in [2.45, 2.75) is 20.3 Å². The molecule has 4 aliphatic rings. The van der Waals surface area contributed by atoms with E-state index in [1.54, 1.807) is 0 Å². The Balaban J connectivity index is 2.08. The number of hydrogen-bond donors (Lipinski definition) is 1. The molecule has 0 heterocycles. The topological polar surface area (TPSA) is 37.3 Å². The monoisotopic (exact) mass is 252 g/mol. The summed E-state index contributed by atoms with van der Waals surface area (Å²) >= 11 is 0. The Labute approximate surface area is 112 Å². The first-order chi connectivity index (χ1) is 9.02. The van der Waals surface area contributed by atoms with E-state index in [0.29, 0.717) is 5.92 Å². The van der Waals surface area contributed by atoms with Crippen LogP contribution in [0.15, 0.2) is 58.7 Å². The first kappa shape index (κ1) is 11.0. The van der Waals surface area contributed by atoms with Crippen molar-refractivity contribution in [1.29, 1.82) is 0 Å². The van der Waals surface area contributed by atoms with E-state index in [9.17, 15) is 9.90 Å². The Bertz CT molecular complexity index is 669. The maximum atomic E-state index is 12.0.